The van der Waals surface area contributed by atoms with Crippen LogP contribution in [-0.4, -0.2) is 22.5 Å². The summed E-state index contributed by atoms with van der Waals surface area (Å²) in [7, 11) is 0. The smallest absolute Gasteiger partial charge is 0.340 e. The van der Waals surface area contributed by atoms with Crippen molar-refractivity contribution in [3.8, 4) is 0 Å². The van der Waals surface area contributed by atoms with E-state index in [4.69, 9.17) is 4.74 Å². The van der Waals surface area contributed by atoms with Gasteiger partial charge in [0.1, 0.15) is 17.5 Å². The Kier molecular flexibility index (Phi) is 6.44. The molecule has 6 heteroatoms. The molecule has 0 bridgehead atoms. The number of para-hydroxylation sites is 2. The summed E-state index contributed by atoms with van der Waals surface area (Å²) in [6.07, 6.45) is 0. The molecule has 1 heterocycles. The van der Waals surface area contributed by atoms with Gasteiger partial charge in [-0.05, 0) is 43.5 Å². The third-order valence-corrected chi connectivity index (χ3v) is 4.37. The molecule has 2 N–H and O–H groups in total. The number of nitrogens with one attached hydrogen (secondary N) is 2. The Labute approximate surface area is 171 Å². The molecule has 0 spiro atoms. The first-order chi connectivity index (χ1) is 14.0. The van der Waals surface area contributed by atoms with E-state index in [0.717, 1.165) is 5.69 Å². The van der Waals surface area contributed by atoms with Gasteiger partial charge in [0.2, 0.25) is 0 Å². The summed E-state index contributed by atoms with van der Waals surface area (Å²) in [5.74, 6) is 1.91. The number of carbonyl (C=O) groups excluding carboxylic acids is 1. The quantitative estimate of drug-likeness (QED) is 0.514. The molecule has 0 aliphatic carbocycles. The summed E-state index contributed by atoms with van der Waals surface area (Å²) in [5.41, 5.74) is 3.33. The average Bonchev–Trinajstić information content (AvgIpc) is 2.68. The molecule has 3 aromatic rings. The zero-order valence-electron chi connectivity index (χ0n) is 17.2. The van der Waals surface area contributed by atoms with E-state index in [-0.39, 0.29) is 5.97 Å². The van der Waals surface area contributed by atoms with Crippen molar-refractivity contribution in [1.29, 1.82) is 0 Å². The number of nitrogens with zero attached hydrogens (tertiary/aromatic N) is 2. The first-order valence-electron chi connectivity index (χ1n) is 9.72. The number of benzene rings is 2. The lowest BCUT2D eigenvalue weighted by molar-refractivity contribution is 0.0527. The molecule has 150 valence electrons. The summed E-state index contributed by atoms with van der Waals surface area (Å²) >= 11 is 0. The van der Waals surface area contributed by atoms with E-state index in [1.807, 2.05) is 43.3 Å². The van der Waals surface area contributed by atoms with Gasteiger partial charge in [-0.3, -0.25) is 0 Å². The minimum Gasteiger partial charge on any atom is -0.462 e. The lowest BCUT2D eigenvalue weighted by Crippen LogP contribution is -2.09. The van der Waals surface area contributed by atoms with E-state index in [9.17, 15) is 4.79 Å². The minimum absolute atomic E-state index is 0.323. The Hall–Kier alpha value is -3.41. The van der Waals surface area contributed by atoms with E-state index in [1.54, 1.807) is 19.1 Å². The monoisotopic (exact) mass is 390 g/mol. The van der Waals surface area contributed by atoms with Crippen molar-refractivity contribution in [2.24, 2.45) is 0 Å². The van der Waals surface area contributed by atoms with Crippen molar-refractivity contribution in [3.63, 3.8) is 0 Å². The van der Waals surface area contributed by atoms with Crippen molar-refractivity contribution < 1.29 is 9.53 Å². The normalized spacial score (nSPS) is 10.7. The minimum atomic E-state index is -0.370. The van der Waals surface area contributed by atoms with Gasteiger partial charge in [0.05, 0.1) is 17.9 Å². The third kappa shape index (κ3) is 5.10. The molecule has 0 atom stereocenters. The highest BCUT2D eigenvalue weighted by Crippen LogP contribution is 2.28. The van der Waals surface area contributed by atoms with Gasteiger partial charge in [-0.2, -0.15) is 0 Å². The molecule has 0 aliphatic rings. The second-order valence-electron chi connectivity index (χ2n) is 6.94. The van der Waals surface area contributed by atoms with Gasteiger partial charge in [-0.15, -0.1) is 0 Å². The van der Waals surface area contributed by atoms with Gasteiger partial charge in [-0.25, -0.2) is 14.8 Å². The van der Waals surface area contributed by atoms with Crippen LogP contribution in [0.25, 0.3) is 0 Å². The number of anilines is 4. The van der Waals surface area contributed by atoms with Crippen LogP contribution in [0.2, 0.25) is 0 Å². The van der Waals surface area contributed by atoms with Crippen LogP contribution < -0.4 is 10.6 Å². The molecular weight excluding hydrogens is 364 g/mol. The van der Waals surface area contributed by atoms with Crippen molar-refractivity contribution in [3.05, 3.63) is 71.5 Å². The topological polar surface area (TPSA) is 76.1 Å². The standard InChI is InChI=1S/C23H26N4O2/c1-5-29-23(28)18-11-7-9-13-20(18)27-22-14-21(24-16(4)25-22)26-19-12-8-6-10-17(19)15(2)3/h6-15H,5H2,1-4H3,(H2,24,25,26,27). The molecule has 0 saturated carbocycles. The molecule has 29 heavy (non-hydrogen) atoms. The fraction of sp³-hybridized carbons (Fsp3) is 0.261. The summed E-state index contributed by atoms with van der Waals surface area (Å²) in [6.45, 7) is 8.26. The SMILES string of the molecule is CCOC(=O)c1ccccc1Nc1cc(Nc2ccccc2C(C)C)nc(C)n1. The van der Waals surface area contributed by atoms with Gasteiger partial charge in [0, 0.05) is 11.8 Å². The van der Waals surface area contributed by atoms with Crippen molar-refractivity contribution in [2.45, 2.75) is 33.6 Å². The Balaban J connectivity index is 1.89. The Morgan fingerprint density at radius 1 is 0.966 bits per heavy atom. The predicted molar refractivity (Wildman–Crippen MR) is 116 cm³/mol. The summed E-state index contributed by atoms with van der Waals surface area (Å²) in [5, 5.41) is 6.62. The highest BCUT2D eigenvalue weighted by molar-refractivity contribution is 5.96. The molecule has 0 radical (unpaired) electrons. The number of rotatable bonds is 7. The summed E-state index contributed by atoms with van der Waals surface area (Å²) in [4.78, 5) is 21.2. The lowest BCUT2D eigenvalue weighted by Gasteiger charge is -2.15. The van der Waals surface area contributed by atoms with Crippen molar-refractivity contribution in [1.82, 2.24) is 9.97 Å². The maximum Gasteiger partial charge on any atom is 0.340 e. The number of aromatic nitrogens is 2. The molecule has 2 aromatic carbocycles. The molecule has 0 unspecified atom stereocenters. The molecule has 0 aliphatic heterocycles. The van der Waals surface area contributed by atoms with Gasteiger partial charge >= 0.3 is 5.97 Å². The number of ether oxygens (including phenoxy) is 1. The Morgan fingerprint density at radius 2 is 1.55 bits per heavy atom. The molecule has 3 rings (SSSR count). The number of hydrogen-bond acceptors (Lipinski definition) is 6. The van der Waals surface area contributed by atoms with Crippen LogP contribution in [0.4, 0.5) is 23.0 Å². The number of aryl methyl sites for hydroxylation is 1. The highest BCUT2D eigenvalue weighted by atomic mass is 16.5. The molecule has 6 nitrogen and oxygen atoms in total. The zero-order valence-corrected chi connectivity index (χ0v) is 17.2. The molecule has 0 fully saturated rings. The molecule has 1 aromatic heterocycles. The largest absolute Gasteiger partial charge is 0.462 e. The van der Waals surface area contributed by atoms with Crippen LogP contribution in [0.3, 0.4) is 0 Å². The van der Waals surface area contributed by atoms with Crippen LogP contribution in [0, 0.1) is 6.92 Å². The lowest BCUT2D eigenvalue weighted by atomic mass is 10.0. The maximum absolute atomic E-state index is 12.2. The van der Waals surface area contributed by atoms with Crippen LogP contribution in [0.15, 0.2) is 54.6 Å². The first-order valence-corrected chi connectivity index (χ1v) is 9.72. The van der Waals surface area contributed by atoms with Gasteiger partial charge < -0.3 is 15.4 Å². The number of hydrogen-bond donors (Lipinski definition) is 2. The van der Waals surface area contributed by atoms with E-state index >= 15 is 0 Å². The predicted octanol–water partition coefficient (Wildman–Crippen LogP) is 5.57. The van der Waals surface area contributed by atoms with Crippen LogP contribution in [0.1, 0.15) is 48.4 Å². The van der Waals surface area contributed by atoms with Gasteiger partial charge in [-0.1, -0.05) is 44.2 Å². The second-order valence-corrected chi connectivity index (χ2v) is 6.94. The molecule has 0 saturated heterocycles. The second kappa shape index (κ2) is 9.19. The van der Waals surface area contributed by atoms with Crippen molar-refractivity contribution in [2.75, 3.05) is 17.2 Å². The molecule has 0 amide bonds. The first kappa shape index (κ1) is 20.3. The fourth-order valence-electron chi connectivity index (χ4n) is 3.06. The van der Waals surface area contributed by atoms with Gasteiger partial charge in [0.25, 0.3) is 0 Å². The number of esters is 1. The van der Waals surface area contributed by atoms with Gasteiger partial charge in [0.15, 0.2) is 0 Å². The zero-order chi connectivity index (χ0) is 20.8. The molecular formula is C23H26N4O2. The van der Waals surface area contributed by atoms with E-state index in [0.29, 0.717) is 41.2 Å². The average molecular weight is 390 g/mol. The maximum atomic E-state index is 12.2. The van der Waals surface area contributed by atoms with Crippen LogP contribution in [-0.2, 0) is 4.74 Å². The van der Waals surface area contributed by atoms with Crippen LogP contribution >= 0.6 is 0 Å². The third-order valence-electron chi connectivity index (χ3n) is 4.37. The fourth-order valence-corrected chi connectivity index (χ4v) is 3.06. The number of carbonyl (C=O) groups is 1. The van der Waals surface area contributed by atoms with Crippen LogP contribution in [0.5, 0.6) is 0 Å². The van der Waals surface area contributed by atoms with E-state index in [2.05, 4.69) is 40.5 Å². The van der Waals surface area contributed by atoms with E-state index in [1.165, 1.54) is 5.56 Å². The van der Waals surface area contributed by atoms with Crippen molar-refractivity contribution >= 4 is 29.0 Å². The highest BCUT2D eigenvalue weighted by Gasteiger charge is 2.13. The Bertz CT molecular complexity index is 1000. The van der Waals surface area contributed by atoms with E-state index < -0.39 is 0 Å². The summed E-state index contributed by atoms with van der Waals surface area (Å²) < 4.78 is 5.14. The summed E-state index contributed by atoms with van der Waals surface area (Å²) in [6, 6.07) is 17.2. The Morgan fingerprint density at radius 3 is 2.21 bits per heavy atom.